The second-order valence-electron chi connectivity index (χ2n) is 3.38. The molecule has 0 aliphatic carbocycles. The number of carbonyl (C=O) groups excluding carboxylic acids is 1. The summed E-state index contributed by atoms with van der Waals surface area (Å²) in [5, 5.41) is 12.7. The number of H-pyrrole nitrogens is 1. The number of aromatic nitrogens is 2. The Bertz CT molecular complexity index is 361. The lowest BCUT2D eigenvalue weighted by molar-refractivity contribution is 0.0931. The Kier molecular flexibility index (Phi) is 2.98. The summed E-state index contributed by atoms with van der Waals surface area (Å²) < 4.78 is 4.85. The summed E-state index contributed by atoms with van der Waals surface area (Å²) in [6.45, 7) is 2.48. The molecular weight excluding hydrogens is 196 g/mol. The van der Waals surface area contributed by atoms with Gasteiger partial charge in [-0.25, -0.2) is 0 Å². The Labute approximate surface area is 87.4 Å². The molecule has 0 saturated heterocycles. The Morgan fingerprint density at radius 1 is 1.60 bits per heavy atom. The molecule has 2 rings (SSSR count). The predicted molar refractivity (Wildman–Crippen MR) is 53.3 cm³/mol. The summed E-state index contributed by atoms with van der Waals surface area (Å²) in [4.78, 5) is 11.7. The molecule has 0 bridgehead atoms. The van der Waals surface area contributed by atoms with Crippen molar-refractivity contribution in [1.29, 1.82) is 0 Å². The maximum atomic E-state index is 11.7. The fourth-order valence-electron chi connectivity index (χ4n) is 1.59. The molecule has 3 N–H and O–H groups in total. The number of methoxy groups -OCH3 is 1. The number of carbonyl (C=O) groups is 1. The number of rotatable bonds is 4. The molecule has 1 aliphatic rings. The van der Waals surface area contributed by atoms with Crippen LogP contribution < -0.4 is 10.6 Å². The van der Waals surface area contributed by atoms with E-state index in [1.54, 1.807) is 7.11 Å². The highest BCUT2D eigenvalue weighted by Gasteiger charge is 2.22. The van der Waals surface area contributed by atoms with Gasteiger partial charge in [-0.3, -0.25) is 9.89 Å². The number of amides is 1. The Morgan fingerprint density at radius 2 is 2.47 bits per heavy atom. The topological polar surface area (TPSA) is 79.0 Å². The summed E-state index contributed by atoms with van der Waals surface area (Å²) in [5.41, 5.74) is 2.47. The molecule has 0 unspecified atom stereocenters. The third-order valence-electron chi connectivity index (χ3n) is 2.36. The minimum atomic E-state index is -0.145. The van der Waals surface area contributed by atoms with Gasteiger partial charge in [-0.1, -0.05) is 0 Å². The van der Waals surface area contributed by atoms with Gasteiger partial charge < -0.3 is 15.4 Å². The average molecular weight is 210 g/mol. The minimum absolute atomic E-state index is 0.145. The first-order valence-electron chi connectivity index (χ1n) is 4.87. The lowest BCUT2D eigenvalue weighted by Crippen LogP contribution is -2.28. The Balaban J connectivity index is 2.00. The van der Waals surface area contributed by atoms with Gasteiger partial charge in [-0.15, -0.1) is 0 Å². The molecule has 6 heteroatoms. The first-order chi connectivity index (χ1) is 7.33. The molecule has 1 aromatic rings. The van der Waals surface area contributed by atoms with E-state index in [9.17, 15) is 4.79 Å². The van der Waals surface area contributed by atoms with E-state index in [1.807, 2.05) is 0 Å². The smallest absolute Gasteiger partial charge is 0.272 e. The van der Waals surface area contributed by atoms with Crippen LogP contribution in [0.3, 0.4) is 0 Å². The normalized spacial score (nSPS) is 13.9. The number of nitrogens with zero attached hydrogens (tertiary/aromatic N) is 1. The molecule has 1 aliphatic heterocycles. The Hall–Kier alpha value is -1.40. The molecule has 0 radical (unpaired) electrons. The van der Waals surface area contributed by atoms with E-state index in [1.165, 1.54) is 0 Å². The van der Waals surface area contributed by atoms with Gasteiger partial charge in [0.15, 0.2) is 5.69 Å². The molecule has 2 heterocycles. The zero-order valence-corrected chi connectivity index (χ0v) is 8.59. The maximum absolute atomic E-state index is 11.7. The molecule has 1 amide bonds. The molecular formula is C9H14N4O2. The Morgan fingerprint density at radius 3 is 3.27 bits per heavy atom. The van der Waals surface area contributed by atoms with Gasteiger partial charge in [0.25, 0.3) is 5.91 Å². The number of hydrogen-bond donors (Lipinski definition) is 3. The maximum Gasteiger partial charge on any atom is 0.272 e. The fraction of sp³-hybridized carbons (Fsp3) is 0.556. The third kappa shape index (κ3) is 2.00. The fourth-order valence-corrected chi connectivity index (χ4v) is 1.59. The lowest BCUT2D eigenvalue weighted by atomic mass is 10.2. The highest BCUT2D eigenvalue weighted by molar-refractivity contribution is 5.94. The zero-order chi connectivity index (χ0) is 10.7. The van der Waals surface area contributed by atoms with Gasteiger partial charge in [-0.2, -0.15) is 5.10 Å². The van der Waals surface area contributed by atoms with Crippen LogP contribution in [0.1, 0.15) is 21.7 Å². The number of aromatic amines is 1. The van der Waals surface area contributed by atoms with E-state index in [-0.39, 0.29) is 5.91 Å². The van der Waals surface area contributed by atoms with Crippen LogP contribution in [-0.4, -0.2) is 36.4 Å². The van der Waals surface area contributed by atoms with Gasteiger partial charge >= 0.3 is 0 Å². The van der Waals surface area contributed by atoms with Gasteiger partial charge in [0, 0.05) is 32.3 Å². The number of hydrogen-bond acceptors (Lipinski definition) is 4. The van der Waals surface area contributed by atoms with Crippen LogP contribution in [0, 0.1) is 0 Å². The van der Waals surface area contributed by atoms with Gasteiger partial charge in [-0.05, 0) is 0 Å². The van der Waals surface area contributed by atoms with E-state index in [0.717, 1.165) is 17.8 Å². The lowest BCUT2D eigenvalue weighted by Gasteiger charge is -2.02. The van der Waals surface area contributed by atoms with Crippen LogP contribution in [0.15, 0.2) is 0 Å². The van der Waals surface area contributed by atoms with Crippen LogP contribution in [0.5, 0.6) is 0 Å². The van der Waals surface area contributed by atoms with E-state index in [0.29, 0.717) is 25.4 Å². The van der Waals surface area contributed by atoms with E-state index >= 15 is 0 Å². The van der Waals surface area contributed by atoms with Crippen molar-refractivity contribution in [3.05, 3.63) is 17.0 Å². The van der Waals surface area contributed by atoms with Crippen LogP contribution >= 0.6 is 0 Å². The monoisotopic (exact) mass is 210 g/mol. The molecule has 15 heavy (non-hydrogen) atoms. The molecule has 6 nitrogen and oxygen atoms in total. The highest BCUT2D eigenvalue weighted by atomic mass is 16.5. The molecule has 1 aromatic heterocycles. The summed E-state index contributed by atoms with van der Waals surface area (Å²) in [7, 11) is 1.60. The molecule has 82 valence electrons. The summed E-state index contributed by atoms with van der Waals surface area (Å²) in [6.07, 6.45) is 0. The highest BCUT2D eigenvalue weighted by Crippen LogP contribution is 2.16. The van der Waals surface area contributed by atoms with Crippen molar-refractivity contribution >= 4 is 5.91 Å². The van der Waals surface area contributed by atoms with Crippen molar-refractivity contribution in [3.63, 3.8) is 0 Å². The summed E-state index contributed by atoms with van der Waals surface area (Å²) >= 11 is 0. The van der Waals surface area contributed by atoms with Gasteiger partial charge in [0.05, 0.1) is 12.3 Å². The van der Waals surface area contributed by atoms with E-state index in [2.05, 4.69) is 20.8 Å². The van der Waals surface area contributed by atoms with Crippen LogP contribution in [0.25, 0.3) is 0 Å². The third-order valence-corrected chi connectivity index (χ3v) is 2.36. The van der Waals surface area contributed by atoms with E-state index < -0.39 is 0 Å². The zero-order valence-electron chi connectivity index (χ0n) is 8.59. The first-order valence-corrected chi connectivity index (χ1v) is 4.87. The van der Waals surface area contributed by atoms with Crippen molar-refractivity contribution in [3.8, 4) is 0 Å². The van der Waals surface area contributed by atoms with E-state index in [4.69, 9.17) is 4.74 Å². The van der Waals surface area contributed by atoms with Crippen molar-refractivity contribution in [2.24, 2.45) is 0 Å². The average Bonchev–Trinajstić information content (AvgIpc) is 2.78. The quantitative estimate of drug-likeness (QED) is 0.579. The number of fused-ring (bicyclic) bond motifs is 1. The minimum Gasteiger partial charge on any atom is -0.383 e. The SMILES string of the molecule is COCCNC(=O)c1n[nH]c2c1CNC2. The van der Waals surface area contributed by atoms with Gasteiger partial charge in [0.2, 0.25) is 0 Å². The molecule has 0 atom stereocenters. The largest absolute Gasteiger partial charge is 0.383 e. The van der Waals surface area contributed by atoms with Crippen LogP contribution in [0.4, 0.5) is 0 Å². The van der Waals surface area contributed by atoms with Crippen LogP contribution in [0.2, 0.25) is 0 Å². The van der Waals surface area contributed by atoms with Crippen LogP contribution in [-0.2, 0) is 17.8 Å². The summed E-state index contributed by atoms with van der Waals surface area (Å²) in [5.74, 6) is -0.145. The summed E-state index contributed by atoms with van der Waals surface area (Å²) in [6, 6.07) is 0. The van der Waals surface area contributed by atoms with Crippen molar-refractivity contribution in [2.45, 2.75) is 13.1 Å². The molecule has 0 spiro atoms. The number of nitrogens with one attached hydrogen (secondary N) is 3. The standard InChI is InChI=1S/C9H14N4O2/c1-15-3-2-11-9(14)8-6-4-10-5-7(6)12-13-8/h10H,2-5H2,1H3,(H,11,14)(H,12,13). The first kappa shape index (κ1) is 10.1. The van der Waals surface area contributed by atoms with Gasteiger partial charge in [0.1, 0.15) is 0 Å². The second kappa shape index (κ2) is 4.41. The molecule has 0 aromatic carbocycles. The van der Waals surface area contributed by atoms with Crippen molar-refractivity contribution < 1.29 is 9.53 Å². The molecule has 0 fully saturated rings. The number of ether oxygens (including phenoxy) is 1. The van der Waals surface area contributed by atoms with Crippen molar-refractivity contribution in [1.82, 2.24) is 20.8 Å². The molecule has 0 saturated carbocycles. The van der Waals surface area contributed by atoms with Crippen molar-refractivity contribution in [2.75, 3.05) is 20.3 Å². The predicted octanol–water partition coefficient (Wildman–Crippen LogP) is -0.611. The second-order valence-corrected chi connectivity index (χ2v) is 3.38.